The summed E-state index contributed by atoms with van der Waals surface area (Å²) in [5.41, 5.74) is 6.25. The Morgan fingerprint density at radius 1 is 1.06 bits per heavy atom. The van der Waals surface area contributed by atoms with Crippen molar-refractivity contribution in [3.63, 3.8) is 0 Å². The lowest BCUT2D eigenvalue weighted by Crippen LogP contribution is -2.54. The summed E-state index contributed by atoms with van der Waals surface area (Å²) in [4.78, 5) is 26.2. The highest BCUT2D eigenvalue weighted by atomic mass is 16.3. The van der Waals surface area contributed by atoms with Gasteiger partial charge in [0.15, 0.2) is 11.6 Å². The molecule has 0 radical (unpaired) electrons. The summed E-state index contributed by atoms with van der Waals surface area (Å²) in [7, 11) is 0. The molecule has 0 bridgehead atoms. The Kier molecular flexibility index (Phi) is 8.86. The first kappa shape index (κ1) is 25.8. The van der Waals surface area contributed by atoms with E-state index in [1.165, 1.54) is 12.3 Å². The summed E-state index contributed by atoms with van der Waals surface area (Å²) in [6, 6.07) is 8.55. The van der Waals surface area contributed by atoms with Crippen LogP contribution >= 0.6 is 0 Å². The summed E-state index contributed by atoms with van der Waals surface area (Å²) < 4.78 is 0. The number of carbonyl (C=O) groups excluding carboxylic acids is 1. The summed E-state index contributed by atoms with van der Waals surface area (Å²) >= 11 is 0. The molecular weight excluding hydrogens is 446 g/mol. The zero-order valence-corrected chi connectivity index (χ0v) is 20.3. The van der Waals surface area contributed by atoms with E-state index < -0.39 is 5.91 Å². The molecule has 2 fully saturated rings. The molecule has 10 nitrogen and oxygen atoms in total. The number of amidine groups is 1. The van der Waals surface area contributed by atoms with Crippen molar-refractivity contribution in [1.82, 2.24) is 14.8 Å². The third-order valence-corrected chi connectivity index (χ3v) is 6.31. The molecule has 4 N–H and O–H groups in total. The molecule has 10 heteroatoms. The zero-order chi connectivity index (χ0) is 25.4. The van der Waals surface area contributed by atoms with Crippen LogP contribution in [0, 0.1) is 11.5 Å². The van der Waals surface area contributed by atoms with Gasteiger partial charge in [-0.25, -0.2) is 4.98 Å². The first-order valence-electron chi connectivity index (χ1n) is 11.9. The number of piperazine rings is 1. The van der Waals surface area contributed by atoms with Crippen molar-refractivity contribution in [2.24, 2.45) is 10.7 Å². The minimum Gasteiger partial charge on any atom is -0.508 e. The number of nitrogens with two attached hydrogens (primary N) is 1. The fourth-order valence-corrected chi connectivity index (χ4v) is 4.54. The molecule has 2 aliphatic heterocycles. The number of rotatable bonds is 4. The molecule has 186 valence electrons. The topological polar surface area (TPSA) is 142 Å². The van der Waals surface area contributed by atoms with Gasteiger partial charge in [0.05, 0.1) is 5.56 Å². The lowest BCUT2D eigenvalue weighted by Gasteiger charge is -2.43. The van der Waals surface area contributed by atoms with Gasteiger partial charge in [0, 0.05) is 57.1 Å². The molecule has 2 aromatic rings. The highest BCUT2D eigenvalue weighted by Crippen LogP contribution is 2.28. The fourth-order valence-electron chi connectivity index (χ4n) is 4.54. The highest BCUT2D eigenvalue weighted by Gasteiger charge is 2.30. The second-order valence-corrected chi connectivity index (χ2v) is 8.25. The number of nitriles is 1. The number of piperidine rings is 1. The van der Waals surface area contributed by atoms with E-state index in [0.717, 1.165) is 57.7 Å². The van der Waals surface area contributed by atoms with Crippen LogP contribution in [-0.4, -0.2) is 82.1 Å². The number of benzene rings is 1. The van der Waals surface area contributed by atoms with Crippen LogP contribution in [0.25, 0.3) is 0 Å². The number of hydrogen-bond donors (Lipinski definition) is 3. The molecule has 0 atom stereocenters. The molecule has 0 unspecified atom stereocenters. The van der Waals surface area contributed by atoms with Crippen LogP contribution in [0.2, 0.25) is 0 Å². The van der Waals surface area contributed by atoms with Crippen molar-refractivity contribution in [3.8, 4) is 17.7 Å². The summed E-state index contributed by atoms with van der Waals surface area (Å²) in [5.74, 6) is 0.642. The summed E-state index contributed by atoms with van der Waals surface area (Å²) in [5, 5.41) is 28.9. The maximum atomic E-state index is 11.3. The maximum absolute atomic E-state index is 11.3. The smallest absolute Gasteiger partial charge is 0.250 e. The monoisotopic (exact) mass is 479 g/mol. The van der Waals surface area contributed by atoms with Crippen molar-refractivity contribution in [3.05, 3.63) is 47.7 Å². The van der Waals surface area contributed by atoms with Gasteiger partial charge in [0.2, 0.25) is 12.1 Å². The number of primary amides is 1. The van der Waals surface area contributed by atoms with E-state index in [2.05, 4.69) is 19.8 Å². The number of aliphatic imine (C=N–C) groups is 1. The number of nitrogens with zero attached hydrogens (tertiary/aromatic N) is 6. The lowest BCUT2D eigenvalue weighted by atomic mass is 10.0. The highest BCUT2D eigenvalue weighted by molar-refractivity contribution is 5.99. The molecule has 1 aromatic carbocycles. The van der Waals surface area contributed by atoms with E-state index in [9.17, 15) is 15.0 Å². The molecule has 2 saturated heterocycles. The molecule has 4 rings (SSSR count). The standard InChI is InChI=1S/C23H27N7O3.C2H6/c24-15-27-22(16-1-3-19(31)4-2-16)29-7-5-18(6-8-29)28-9-11-30(12-10-28)23-20(32)13-17(14-26-23)21(25)33;1-2/h1-4,13-14,18,31-32H,5-12H2,(H2,25,33);1-2H3. The van der Waals surface area contributed by atoms with E-state index in [1.54, 1.807) is 24.3 Å². The quantitative estimate of drug-likeness (QED) is 0.344. The van der Waals surface area contributed by atoms with Gasteiger partial charge in [-0.2, -0.15) is 10.3 Å². The Balaban J connectivity index is 0.00000167. The summed E-state index contributed by atoms with van der Waals surface area (Å²) in [6.45, 7) is 8.74. The molecular formula is C25H33N7O3. The van der Waals surface area contributed by atoms with Gasteiger partial charge < -0.3 is 25.7 Å². The number of phenolic OH excluding ortho intramolecular Hbond substituents is 1. The van der Waals surface area contributed by atoms with Gasteiger partial charge in [-0.3, -0.25) is 9.69 Å². The average molecular weight is 480 g/mol. The molecule has 35 heavy (non-hydrogen) atoms. The number of carbonyl (C=O) groups is 1. The van der Waals surface area contributed by atoms with Crippen molar-refractivity contribution in [2.45, 2.75) is 32.7 Å². The van der Waals surface area contributed by atoms with Crippen LogP contribution in [0.5, 0.6) is 11.5 Å². The van der Waals surface area contributed by atoms with Crippen molar-refractivity contribution in [2.75, 3.05) is 44.2 Å². The minimum absolute atomic E-state index is 0.0356. The molecule has 2 aliphatic rings. The normalized spacial score (nSPS) is 17.3. The minimum atomic E-state index is -0.617. The number of aromatic hydroxyl groups is 2. The lowest BCUT2D eigenvalue weighted by molar-refractivity contribution is 0.0999. The number of pyridine rings is 1. The molecule has 1 amide bonds. The molecule has 0 spiro atoms. The molecule has 1 aromatic heterocycles. The Bertz CT molecular complexity index is 1070. The number of amides is 1. The van der Waals surface area contributed by atoms with Crippen LogP contribution in [-0.2, 0) is 0 Å². The van der Waals surface area contributed by atoms with Gasteiger partial charge >= 0.3 is 0 Å². The van der Waals surface area contributed by atoms with Crippen molar-refractivity contribution in [1.29, 1.82) is 5.26 Å². The predicted molar refractivity (Wildman–Crippen MR) is 134 cm³/mol. The molecule has 0 saturated carbocycles. The summed E-state index contributed by atoms with van der Waals surface area (Å²) in [6.07, 6.45) is 5.22. The Labute approximate surface area is 205 Å². The second-order valence-electron chi connectivity index (χ2n) is 8.25. The van der Waals surface area contributed by atoms with Crippen LogP contribution in [0.3, 0.4) is 0 Å². The van der Waals surface area contributed by atoms with E-state index in [0.29, 0.717) is 17.7 Å². The van der Waals surface area contributed by atoms with Gasteiger partial charge in [-0.05, 0) is 43.2 Å². The van der Waals surface area contributed by atoms with Crippen molar-refractivity contribution < 1.29 is 15.0 Å². The van der Waals surface area contributed by atoms with E-state index in [1.807, 2.05) is 24.9 Å². The molecule has 3 heterocycles. The number of phenols is 1. The van der Waals surface area contributed by atoms with Gasteiger partial charge in [0.25, 0.3) is 0 Å². The van der Waals surface area contributed by atoms with Crippen LogP contribution in [0.15, 0.2) is 41.5 Å². The number of hydrogen-bond acceptors (Lipinski definition) is 8. The van der Waals surface area contributed by atoms with Gasteiger partial charge in [-0.15, -0.1) is 0 Å². The average Bonchev–Trinajstić information content (AvgIpc) is 2.89. The third-order valence-electron chi connectivity index (χ3n) is 6.31. The first-order valence-corrected chi connectivity index (χ1v) is 11.9. The Morgan fingerprint density at radius 3 is 2.23 bits per heavy atom. The van der Waals surface area contributed by atoms with E-state index in [4.69, 9.17) is 11.0 Å². The zero-order valence-electron chi connectivity index (χ0n) is 20.3. The third kappa shape index (κ3) is 6.19. The second kappa shape index (κ2) is 12.0. The Morgan fingerprint density at radius 2 is 1.69 bits per heavy atom. The Hall–Kier alpha value is -3.84. The maximum Gasteiger partial charge on any atom is 0.250 e. The number of likely N-dealkylation sites (tertiary alicyclic amines) is 1. The van der Waals surface area contributed by atoms with Crippen LogP contribution < -0.4 is 10.6 Å². The van der Waals surface area contributed by atoms with Crippen LogP contribution in [0.4, 0.5) is 5.82 Å². The van der Waals surface area contributed by atoms with E-state index >= 15 is 0 Å². The van der Waals surface area contributed by atoms with Gasteiger partial charge in [-0.1, -0.05) is 13.8 Å². The van der Waals surface area contributed by atoms with Crippen LogP contribution in [0.1, 0.15) is 42.6 Å². The van der Waals surface area contributed by atoms with Gasteiger partial charge in [0.1, 0.15) is 11.6 Å². The molecule has 0 aliphatic carbocycles. The predicted octanol–water partition coefficient (Wildman–Crippen LogP) is 2.13. The largest absolute Gasteiger partial charge is 0.508 e. The number of anilines is 1. The van der Waals surface area contributed by atoms with E-state index in [-0.39, 0.29) is 17.1 Å². The van der Waals surface area contributed by atoms with Crippen molar-refractivity contribution >= 4 is 17.6 Å². The SMILES string of the molecule is CC.N#CN=C(c1ccc(O)cc1)N1CCC(N2CCN(c3ncc(C(N)=O)cc3O)CC2)CC1. The first-order chi connectivity index (χ1) is 17.0. The fraction of sp³-hybridized carbons (Fsp3) is 0.440. The number of aromatic nitrogens is 1.